The van der Waals surface area contributed by atoms with E-state index in [1.807, 2.05) is 13.0 Å². The lowest BCUT2D eigenvalue weighted by molar-refractivity contribution is -0.142. The van der Waals surface area contributed by atoms with E-state index in [2.05, 4.69) is 10.0 Å². The number of carboxylic acids is 2. The molecule has 0 bridgehead atoms. The highest BCUT2D eigenvalue weighted by atomic mass is 32.2. The number of carbonyl (C=O) groups excluding carboxylic acids is 2. The third-order valence-electron chi connectivity index (χ3n) is 5.55. The summed E-state index contributed by atoms with van der Waals surface area (Å²) in [5.74, 6) is -4.62. The second-order valence-electron chi connectivity index (χ2n) is 8.09. The minimum atomic E-state index is -4.04. The zero-order chi connectivity index (χ0) is 26.9. The Balaban J connectivity index is 2.05. The van der Waals surface area contributed by atoms with Crippen molar-refractivity contribution in [1.82, 2.24) is 10.0 Å². The zero-order valence-electron chi connectivity index (χ0n) is 19.5. The van der Waals surface area contributed by atoms with Gasteiger partial charge in [-0.2, -0.15) is 0 Å². The average molecular weight is 521 g/mol. The molecule has 5 N–H and O–H groups in total. The van der Waals surface area contributed by atoms with Gasteiger partial charge in [-0.05, 0) is 49.1 Å². The Morgan fingerprint density at radius 2 is 1.75 bits per heavy atom. The number of nitrogens with one attached hydrogen (secondary N) is 2. The molecule has 2 aromatic rings. The fourth-order valence-corrected chi connectivity index (χ4v) is 4.71. The molecule has 2 aromatic carbocycles. The molecule has 0 spiro atoms. The molecule has 0 radical (unpaired) electrons. The molecule has 11 nitrogen and oxygen atoms in total. The van der Waals surface area contributed by atoms with E-state index in [9.17, 15) is 37.8 Å². The number of benzene rings is 2. The summed E-state index contributed by atoms with van der Waals surface area (Å²) >= 11 is 0. The van der Waals surface area contributed by atoms with Gasteiger partial charge in [0, 0.05) is 13.0 Å². The van der Waals surface area contributed by atoms with Crippen molar-refractivity contribution in [2.45, 2.75) is 49.5 Å². The lowest BCUT2D eigenvalue weighted by Crippen LogP contribution is -2.43. The summed E-state index contributed by atoms with van der Waals surface area (Å²) in [7, 11) is -4.04. The topological polar surface area (TPSA) is 187 Å². The maximum Gasteiger partial charge on any atom is 0.339 e. The van der Waals surface area contributed by atoms with Crippen LogP contribution in [0.15, 0.2) is 47.4 Å². The first-order valence-electron chi connectivity index (χ1n) is 11.1. The third kappa shape index (κ3) is 7.62. The fourth-order valence-electron chi connectivity index (χ4n) is 3.61. The first kappa shape index (κ1) is 28.5. The van der Waals surface area contributed by atoms with Gasteiger partial charge in [0.15, 0.2) is 0 Å². The van der Waals surface area contributed by atoms with Crippen molar-refractivity contribution in [2.24, 2.45) is 0 Å². The minimum absolute atomic E-state index is 0.00336. The van der Waals surface area contributed by atoms with Crippen LogP contribution in [-0.2, 0) is 24.4 Å². The zero-order valence-corrected chi connectivity index (χ0v) is 20.3. The van der Waals surface area contributed by atoms with Gasteiger partial charge < -0.3 is 25.4 Å². The third-order valence-corrected chi connectivity index (χ3v) is 7.01. The van der Waals surface area contributed by atoms with Crippen LogP contribution in [0.2, 0.25) is 0 Å². The summed E-state index contributed by atoms with van der Waals surface area (Å²) in [5.41, 5.74) is 0.970. The van der Waals surface area contributed by atoms with E-state index in [4.69, 9.17) is 5.11 Å². The highest BCUT2D eigenvalue weighted by molar-refractivity contribution is 7.89. The van der Waals surface area contributed by atoms with Crippen LogP contribution in [0, 0.1) is 6.92 Å². The van der Waals surface area contributed by atoms with E-state index < -0.39 is 51.1 Å². The van der Waals surface area contributed by atoms with Gasteiger partial charge in [0.25, 0.3) is 0 Å². The van der Waals surface area contributed by atoms with E-state index in [0.717, 1.165) is 23.8 Å². The molecule has 0 aliphatic carbocycles. The number of aliphatic carboxylic acids is 1. The molecule has 0 saturated carbocycles. The largest absolute Gasteiger partial charge is 0.507 e. The smallest absolute Gasteiger partial charge is 0.339 e. The quantitative estimate of drug-likeness (QED) is 0.183. The Kier molecular flexibility index (Phi) is 10.1. The van der Waals surface area contributed by atoms with E-state index in [1.54, 1.807) is 18.2 Å². The summed E-state index contributed by atoms with van der Waals surface area (Å²) in [5, 5.41) is 30.3. The second kappa shape index (κ2) is 12.8. The predicted molar refractivity (Wildman–Crippen MR) is 128 cm³/mol. The molecule has 36 heavy (non-hydrogen) atoms. The number of rotatable bonds is 14. The lowest BCUT2D eigenvalue weighted by Gasteiger charge is -2.21. The van der Waals surface area contributed by atoms with Crippen LogP contribution in [0.25, 0.3) is 0 Å². The van der Waals surface area contributed by atoms with Crippen molar-refractivity contribution in [3.8, 4) is 5.75 Å². The van der Waals surface area contributed by atoms with Crippen LogP contribution in [-0.4, -0.2) is 60.5 Å². The molecule has 0 fully saturated rings. The van der Waals surface area contributed by atoms with Gasteiger partial charge in [0.05, 0.1) is 10.8 Å². The molecule has 0 aliphatic rings. The Morgan fingerprint density at radius 3 is 2.36 bits per heavy atom. The van der Waals surface area contributed by atoms with Crippen LogP contribution < -0.4 is 10.0 Å². The molecule has 0 aromatic heterocycles. The monoisotopic (exact) mass is 520 g/mol. The molecular formula is C24H28N2O9S. The van der Waals surface area contributed by atoms with Gasteiger partial charge in [0.1, 0.15) is 23.6 Å². The summed E-state index contributed by atoms with van der Waals surface area (Å²) < 4.78 is 27.4. The number of phenols is 1. The Bertz CT molecular complexity index is 1230. The number of amides is 1. The van der Waals surface area contributed by atoms with Gasteiger partial charge in [-0.15, -0.1) is 0 Å². The number of carbonyl (C=O) groups is 4. The van der Waals surface area contributed by atoms with Gasteiger partial charge >= 0.3 is 11.9 Å². The van der Waals surface area contributed by atoms with Gasteiger partial charge in [-0.1, -0.05) is 30.7 Å². The number of sulfonamides is 1. The first-order chi connectivity index (χ1) is 17.0. The molecule has 2 rings (SSSR count). The summed E-state index contributed by atoms with van der Waals surface area (Å²) in [6.45, 7) is 1.81. The number of aldehydes is 1. The van der Waals surface area contributed by atoms with Crippen LogP contribution in [0.1, 0.15) is 53.1 Å². The second-order valence-corrected chi connectivity index (χ2v) is 9.86. The lowest BCUT2D eigenvalue weighted by atomic mass is 9.89. The van der Waals surface area contributed by atoms with E-state index in [-0.39, 0.29) is 24.3 Å². The number of aromatic carboxylic acids is 1. The summed E-state index contributed by atoms with van der Waals surface area (Å²) in [4.78, 5) is 45.9. The van der Waals surface area contributed by atoms with Crippen molar-refractivity contribution >= 4 is 34.2 Å². The van der Waals surface area contributed by atoms with Crippen molar-refractivity contribution in [3.05, 3.63) is 59.2 Å². The minimum Gasteiger partial charge on any atom is -0.507 e. The van der Waals surface area contributed by atoms with E-state index >= 15 is 0 Å². The number of aromatic hydroxyl groups is 1. The number of hydrogen-bond donors (Lipinski definition) is 5. The fraction of sp³-hybridized carbons (Fsp3) is 0.333. The molecule has 12 heteroatoms. The van der Waals surface area contributed by atoms with Crippen molar-refractivity contribution < 1.29 is 42.9 Å². The van der Waals surface area contributed by atoms with Crippen molar-refractivity contribution in [3.63, 3.8) is 0 Å². The number of aryl methyl sites for hydroxylation is 1. The number of unbranched alkanes of at least 4 members (excludes halogenated alkanes) is 1. The molecule has 0 aliphatic heterocycles. The van der Waals surface area contributed by atoms with Crippen LogP contribution in [0.4, 0.5) is 0 Å². The molecule has 1 unspecified atom stereocenters. The van der Waals surface area contributed by atoms with E-state index in [1.165, 1.54) is 0 Å². The van der Waals surface area contributed by atoms with Gasteiger partial charge in [-0.3, -0.25) is 4.79 Å². The van der Waals surface area contributed by atoms with Gasteiger partial charge in [0.2, 0.25) is 15.9 Å². The maximum absolute atomic E-state index is 12.9. The standard InChI is InChI=1S/C24H28N2O9S/c1-15-6-2-3-7-17(15)18(22(29)26-20(11-13-27)24(32)33)8-4-5-12-25-36(34,35)16-9-10-21(28)19(14-16)23(30)31/h2-3,6-7,9-10,13-14,18,20,25,28H,4-5,8,11-12H2,1H3,(H,26,29)(H,30,31)(H,32,33)/t18?,20-/m0/s1. The molecular weight excluding hydrogens is 492 g/mol. The van der Waals surface area contributed by atoms with Gasteiger partial charge in [-0.25, -0.2) is 22.7 Å². The van der Waals surface area contributed by atoms with Crippen LogP contribution >= 0.6 is 0 Å². The Labute approximate surface area is 208 Å². The Hall–Kier alpha value is -3.77. The van der Waals surface area contributed by atoms with Crippen molar-refractivity contribution in [1.29, 1.82) is 0 Å². The number of hydrogen-bond acceptors (Lipinski definition) is 7. The molecule has 2 atom stereocenters. The predicted octanol–water partition coefficient (Wildman–Crippen LogP) is 1.79. The average Bonchev–Trinajstić information content (AvgIpc) is 2.81. The molecule has 194 valence electrons. The van der Waals surface area contributed by atoms with Crippen LogP contribution in [0.3, 0.4) is 0 Å². The van der Waals surface area contributed by atoms with E-state index in [0.29, 0.717) is 24.7 Å². The molecule has 0 saturated heterocycles. The Morgan fingerprint density at radius 1 is 1.06 bits per heavy atom. The highest BCUT2D eigenvalue weighted by Crippen LogP contribution is 2.26. The van der Waals surface area contributed by atoms with Crippen LogP contribution in [0.5, 0.6) is 5.75 Å². The van der Waals surface area contributed by atoms with Crippen molar-refractivity contribution in [2.75, 3.05) is 6.54 Å². The molecule has 0 heterocycles. The summed E-state index contributed by atoms with van der Waals surface area (Å²) in [6, 6.07) is 8.69. The molecule has 1 amide bonds. The number of carboxylic acid groups (broad SMARTS) is 2. The summed E-state index contributed by atoms with van der Waals surface area (Å²) in [6.07, 6.45) is 1.06. The maximum atomic E-state index is 12.9. The first-order valence-corrected chi connectivity index (χ1v) is 12.5. The normalized spacial score (nSPS) is 12.9. The SMILES string of the molecule is Cc1ccccc1C(CCCCNS(=O)(=O)c1ccc(O)c(C(=O)O)c1)C(=O)N[C@@H](CC=O)C(=O)O. The highest BCUT2D eigenvalue weighted by Gasteiger charge is 2.27.